The Labute approximate surface area is 148 Å². The van der Waals surface area contributed by atoms with Crippen molar-refractivity contribution in [3.63, 3.8) is 0 Å². The zero-order valence-electron chi connectivity index (χ0n) is 14.7. The van der Waals surface area contributed by atoms with Crippen LogP contribution in [0, 0.1) is 11.3 Å². The number of piperidine rings is 1. The van der Waals surface area contributed by atoms with Crippen LogP contribution in [0.2, 0.25) is 0 Å². The topological polar surface area (TPSA) is 64.5 Å². The van der Waals surface area contributed by atoms with Gasteiger partial charge in [0.2, 0.25) is 5.91 Å². The molecule has 3 fully saturated rings. The van der Waals surface area contributed by atoms with E-state index in [4.69, 9.17) is 9.47 Å². The van der Waals surface area contributed by atoms with Gasteiger partial charge in [0, 0.05) is 63.1 Å². The monoisotopic (exact) mass is 345 g/mol. The normalized spacial score (nSPS) is 26.9. The van der Waals surface area contributed by atoms with E-state index in [2.05, 4.69) is 14.9 Å². The largest absolute Gasteiger partial charge is 0.381 e. The number of carbonyl (C=O) groups excluding carboxylic acids is 1. The van der Waals surface area contributed by atoms with Crippen LogP contribution in [0.1, 0.15) is 37.7 Å². The number of aromatic nitrogens is 2. The number of amides is 1. The molecular weight excluding hydrogens is 318 g/mol. The van der Waals surface area contributed by atoms with Crippen molar-refractivity contribution in [3.8, 4) is 0 Å². The van der Waals surface area contributed by atoms with Crippen molar-refractivity contribution in [1.82, 2.24) is 14.9 Å². The highest BCUT2D eigenvalue weighted by Crippen LogP contribution is 2.45. The van der Waals surface area contributed by atoms with E-state index in [1.165, 1.54) is 0 Å². The fourth-order valence-corrected chi connectivity index (χ4v) is 4.61. The highest BCUT2D eigenvalue weighted by Gasteiger charge is 2.46. The highest BCUT2D eigenvalue weighted by molar-refractivity contribution is 5.79. The molecular formula is C19H27N3O3. The molecule has 1 unspecified atom stereocenters. The zero-order chi connectivity index (χ0) is 17.1. The van der Waals surface area contributed by atoms with Crippen molar-refractivity contribution >= 4 is 5.91 Å². The van der Waals surface area contributed by atoms with Gasteiger partial charge in [-0.25, -0.2) is 9.97 Å². The van der Waals surface area contributed by atoms with E-state index in [0.29, 0.717) is 5.91 Å². The molecule has 0 N–H and O–H groups in total. The minimum atomic E-state index is 0.167. The standard InChI is InChI=1S/C19H27N3O3/c23-18(16-1-8-24-9-2-16)22-6-3-19(4-7-22)5-10-25-17(19)11-15-12-20-14-21-13-15/h12-14,16-17H,1-11H2. The molecule has 3 saturated heterocycles. The Morgan fingerprint density at radius 1 is 1.12 bits per heavy atom. The van der Waals surface area contributed by atoms with Crippen LogP contribution in [0.25, 0.3) is 0 Å². The smallest absolute Gasteiger partial charge is 0.225 e. The van der Waals surface area contributed by atoms with Gasteiger partial charge in [-0.05, 0) is 37.7 Å². The van der Waals surface area contributed by atoms with Gasteiger partial charge in [0.15, 0.2) is 0 Å². The molecule has 3 aliphatic rings. The summed E-state index contributed by atoms with van der Waals surface area (Å²) in [4.78, 5) is 23.1. The maximum absolute atomic E-state index is 12.8. The van der Waals surface area contributed by atoms with Crippen LogP contribution in [0.3, 0.4) is 0 Å². The molecule has 1 spiro atoms. The Kier molecular flexibility index (Phi) is 4.99. The molecule has 1 amide bonds. The van der Waals surface area contributed by atoms with Gasteiger partial charge in [0.05, 0.1) is 6.10 Å². The van der Waals surface area contributed by atoms with Crippen molar-refractivity contribution in [2.45, 2.75) is 44.6 Å². The molecule has 0 aliphatic carbocycles. The van der Waals surface area contributed by atoms with Crippen molar-refractivity contribution < 1.29 is 14.3 Å². The third kappa shape index (κ3) is 3.55. The summed E-state index contributed by atoms with van der Waals surface area (Å²) in [6.45, 7) is 4.00. The summed E-state index contributed by atoms with van der Waals surface area (Å²) in [6, 6.07) is 0. The second-order valence-corrected chi connectivity index (χ2v) is 7.63. The Balaban J connectivity index is 1.37. The molecule has 4 rings (SSSR count). The van der Waals surface area contributed by atoms with Gasteiger partial charge < -0.3 is 14.4 Å². The van der Waals surface area contributed by atoms with Gasteiger partial charge >= 0.3 is 0 Å². The van der Waals surface area contributed by atoms with Crippen molar-refractivity contribution in [2.75, 3.05) is 32.9 Å². The number of rotatable bonds is 3. The predicted octanol–water partition coefficient (Wildman–Crippen LogP) is 1.84. The number of ether oxygens (including phenoxy) is 2. The molecule has 0 aromatic carbocycles. The first-order valence-corrected chi connectivity index (χ1v) is 9.49. The maximum atomic E-state index is 12.8. The second-order valence-electron chi connectivity index (χ2n) is 7.63. The average molecular weight is 345 g/mol. The lowest BCUT2D eigenvalue weighted by molar-refractivity contribution is -0.141. The number of likely N-dealkylation sites (tertiary alicyclic amines) is 1. The van der Waals surface area contributed by atoms with Crippen LogP contribution in [-0.4, -0.2) is 59.8 Å². The first kappa shape index (κ1) is 16.9. The number of hydrogen-bond donors (Lipinski definition) is 0. The Morgan fingerprint density at radius 3 is 2.56 bits per heavy atom. The Morgan fingerprint density at radius 2 is 1.84 bits per heavy atom. The third-order valence-corrected chi connectivity index (χ3v) is 6.28. The Hall–Kier alpha value is -1.53. The summed E-state index contributed by atoms with van der Waals surface area (Å²) < 4.78 is 11.5. The van der Waals surface area contributed by atoms with Crippen molar-refractivity contribution in [2.24, 2.45) is 11.3 Å². The number of nitrogens with zero attached hydrogens (tertiary/aromatic N) is 3. The molecule has 3 aliphatic heterocycles. The van der Waals surface area contributed by atoms with E-state index in [0.717, 1.165) is 77.0 Å². The lowest BCUT2D eigenvalue weighted by atomic mass is 9.71. The minimum absolute atomic E-state index is 0.167. The third-order valence-electron chi connectivity index (χ3n) is 6.28. The van der Waals surface area contributed by atoms with Gasteiger partial charge in [-0.3, -0.25) is 4.79 Å². The van der Waals surface area contributed by atoms with Gasteiger partial charge in [-0.15, -0.1) is 0 Å². The summed E-state index contributed by atoms with van der Waals surface area (Å²) in [7, 11) is 0. The molecule has 0 radical (unpaired) electrons. The first-order valence-electron chi connectivity index (χ1n) is 9.49. The van der Waals surface area contributed by atoms with Crippen LogP contribution in [0.5, 0.6) is 0 Å². The summed E-state index contributed by atoms with van der Waals surface area (Å²) in [6.07, 6.45) is 11.4. The quantitative estimate of drug-likeness (QED) is 0.836. The van der Waals surface area contributed by atoms with Crippen LogP contribution < -0.4 is 0 Å². The Bertz CT molecular complexity index is 581. The fraction of sp³-hybridized carbons (Fsp3) is 0.737. The van der Waals surface area contributed by atoms with E-state index in [1.807, 2.05) is 12.4 Å². The van der Waals surface area contributed by atoms with Gasteiger partial charge in [0.25, 0.3) is 0 Å². The highest BCUT2D eigenvalue weighted by atomic mass is 16.5. The molecule has 4 heterocycles. The summed E-state index contributed by atoms with van der Waals surface area (Å²) in [5, 5.41) is 0. The minimum Gasteiger partial charge on any atom is -0.381 e. The lowest BCUT2D eigenvalue weighted by Crippen LogP contribution is -2.49. The molecule has 25 heavy (non-hydrogen) atoms. The van der Waals surface area contributed by atoms with Crippen LogP contribution >= 0.6 is 0 Å². The second kappa shape index (κ2) is 7.38. The molecule has 1 aromatic heterocycles. The zero-order valence-corrected chi connectivity index (χ0v) is 14.7. The predicted molar refractivity (Wildman–Crippen MR) is 91.9 cm³/mol. The molecule has 0 bridgehead atoms. The van der Waals surface area contributed by atoms with E-state index in [1.54, 1.807) is 6.33 Å². The van der Waals surface area contributed by atoms with E-state index in [9.17, 15) is 4.79 Å². The van der Waals surface area contributed by atoms with Crippen molar-refractivity contribution in [1.29, 1.82) is 0 Å². The van der Waals surface area contributed by atoms with E-state index >= 15 is 0 Å². The first-order chi connectivity index (χ1) is 12.3. The number of hydrogen-bond acceptors (Lipinski definition) is 5. The van der Waals surface area contributed by atoms with E-state index in [-0.39, 0.29) is 17.4 Å². The van der Waals surface area contributed by atoms with Crippen molar-refractivity contribution in [3.05, 3.63) is 24.3 Å². The summed E-state index contributed by atoms with van der Waals surface area (Å²) in [5.41, 5.74) is 1.34. The summed E-state index contributed by atoms with van der Waals surface area (Å²) in [5.74, 6) is 0.505. The molecule has 6 nitrogen and oxygen atoms in total. The van der Waals surface area contributed by atoms with Crippen LogP contribution in [0.4, 0.5) is 0 Å². The van der Waals surface area contributed by atoms with Crippen LogP contribution in [0.15, 0.2) is 18.7 Å². The molecule has 6 heteroatoms. The summed E-state index contributed by atoms with van der Waals surface area (Å²) >= 11 is 0. The maximum Gasteiger partial charge on any atom is 0.225 e. The van der Waals surface area contributed by atoms with Gasteiger partial charge in [-0.1, -0.05) is 0 Å². The molecule has 1 atom stereocenters. The van der Waals surface area contributed by atoms with E-state index < -0.39 is 0 Å². The molecule has 1 aromatic rings. The SMILES string of the molecule is O=C(C1CCOCC1)N1CCC2(CCOC2Cc2cncnc2)CC1. The molecule has 0 saturated carbocycles. The van der Waals surface area contributed by atoms with Gasteiger partial charge in [-0.2, -0.15) is 0 Å². The number of carbonyl (C=O) groups is 1. The lowest BCUT2D eigenvalue weighted by Gasteiger charge is -2.43. The van der Waals surface area contributed by atoms with Gasteiger partial charge in [0.1, 0.15) is 6.33 Å². The average Bonchev–Trinajstić information content (AvgIpc) is 3.05. The molecule has 136 valence electrons. The fourth-order valence-electron chi connectivity index (χ4n) is 4.61. The van der Waals surface area contributed by atoms with Crippen LogP contribution in [-0.2, 0) is 20.7 Å².